The number of halogens is 3. The first kappa shape index (κ1) is 19.8. The molecule has 0 bridgehead atoms. The van der Waals surface area contributed by atoms with E-state index in [0.29, 0.717) is 19.0 Å². The minimum absolute atomic E-state index is 0.163. The maximum absolute atomic E-state index is 12.8. The summed E-state index contributed by atoms with van der Waals surface area (Å²) in [4.78, 5) is 11.1. The predicted molar refractivity (Wildman–Crippen MR) is 90.5 cm³/mol. The molecule has 2 N–H and O–H groups in total. The van der Waals surface area contributed by atoms with Gasteiger partial charge in [0, 0.05) is 6.04 Å². The van der Waals surface area contributed by atoms with E-state index in [1.807, 2.05) is 0 Å². The van der Waals surface area contributed by atoms with Gasteiger partial charge in [0.1, 0.15) is 0 Å². The van der Waals surface area contributed by atoms with Gasteiger partial charge in [-0.1, -0.05) is 18.2 Å². The number of aliphatic carboxylic acids is 1. The maximum atomic E-state index is 12.8. The molecule has 1 saturated carbocycles. The van der Waals surface area contributed by atoms with E-state index in [9.17, 15) is 18.0 Å². The lowest BCUT2D eigenvalue weighted by Gasteiger charge is -2.30. The van der Waals surface area contributed by atoms with Gasteiger partial charge < -0.3 is 10.4 Å². The smallest absolute Gasteiger partial charge is 0.416 e. The molecule has 6 heteroatoms. The highest BCUT2D eigenvalue weighted by atomic mass is 19.4. The largest absolute Gasteiger partial charge is 0.481 e. The highest BCUT2D eigenvalue weighted by Crippen LogP contribution is 2.36. The molecule has 0 aliphatic heterocycles. The highest BCUT2D eigenvalue weighted by molar-refractivity contribution is 5.73. The molecule has 0 heterocycles. The lowest BCUT2D eigenvalue weighted by molar-refractivity contribution is -0.147. The monoisotopic (exact) mass is 357 g/mol. The minimum Gasteiger partial charge on any atom is -0.481 e. The van der Waals surface area contributed by atoms with Gasteiger partial charge in [-0.2, -0.15) is 13.2 Å². The normalized spacial score (nSPS) is 22.0. The van der Waals surface area contributed by atoms with Crippen LogP contribution in [0.15, 0.2) is 24.3 Å². The Morgan fingerprint density at radius 1 is 1.20 bits per heavy atom. The fourth-order valence-corrected chi connectivity index (χ4v) is 3.30. The van der Waals surface area contributed by atoms with Gasteiger partial charge in [-0.3, -0.25) is 4.79 Å². The van der Waals surface area contributed by atoms with Crippen molar-refractivity contribution < 1.29 is 23.1 Å². The van der Waals surface area contributed by atoms with Crippen LogP contribution >= 0.6 is 0 Å². The van der Waals surface area contributed by atoms with Gasteiger partial charge >= 0.3 is 12.1 Å². The first-order chi connectivity index (χ1) is 11.6. The van der Waals surface area contributed by atoms with Gasteiger partial charge in [0.2, 0.25) is 0 Å². The van der Waals surface area contributed by atoms with E-state index < -0.39 is 23.1 Å². The van der Waals surface area contributed by atoms with E-state index in [1.165, 1.54) is 12.1 Å². The summed E-state index contributed by atoms with van der Waals surface area (Å²) in [7, 11) is 0. The summed E-state index contributed by atoms with van der Waals surface area (Å²) >= 11 is 0. The van der Waals surface area contributed by atoms with Crippen molar-refractivity contribution in [3.63, 3.8) is 0 Å². The molecule has 1 fully saturated rings. The molecule has 0 saturated heterocycles. The van der Waals surface area contributed by atoms with Crippen LogP contribution in [0.4, 0.5) is 13.2 Å². The molecule has 0 unspecified atom stereocenters. The summed E-state index contributed by atoms with van der Waals surface area (Å²) in [5.41, 5.74) is -0.566. The van der Waals surface area contributed by atoms with Crippen molar-refractivity contribution in [3.05, 3.63) is 35.4 Å². The Hall–Kier alpha value is -1.56. The van der Waals surface area contributed by atoms with Gasteiger partial charge in [-0.05, 0) is 70.0 Å². The fourth-order valence-electron chi connectivity index (χ4n) is 3.30. The van der Waals surface area contributed by atoms with Gasteiger partial charge in [0.15, 0.2) is 0 Å². The molecular formula is C19H26F3NO2. The summed E-state index contributed by atoms with van der Waals surface area (Å²) in [6, 6.07) is 5.96. The number of hydrogen-bond acceptors (Lipinski definition) is 2. The zero-order valence-electron chi connectivity index (χ0n) is 14.7. The van der Waals surface area contributed by atoms with Crippen molar-refractivity contribution >= 4 is 5.97 Å². The summed E-state index contributed by atoms with van der Waals surface area (Å²) < 4.78 is 38.5. The Bertz CT molecular complexity index is 591. The second-order valence-corrected chi connectivity index (χ2v) is 7.56. The van der Waals surface area contributed by atoms with E-state index in [1.54, 1.807) is 19.9 Å². The van der Waals surface area contributed by atoms with Crippen LogP contribution in [0, 0.1) is 5.41 Å². The average Bonchev–Trinajstić information content (AvgIpc) is 2.54. The Labute approximate surface area is 146 Å². The van der Waals surface area contributed by atoms with Gasteiger partial charge in [-0.15, -0.1) is 0 Å². The zero-order chi connectivity index (χ0) is 18.7. The minimum atomic E-state index is -4.30. The molecule has 0 radical (unpaired) electrons. The lowest BCUT2D eigenvalue weighted by Crippen LogP contribution is -2.36. The maximum Gasteiger partial charge on any atom is 0.416 e. The van der Waals surface area contributed by atoms with Crippen LogP contribution in [0.3, 0.4) is 0 Å². The van der Waals surface area contributed by atoms with Crippen LogP contribution in [0.1, 0.15) is 63.0 Å². The highest BCUT2D eigenvalue weighted by Gasteiger charge is 2.32. The number of carboxylic acids is 1. The van der Waals surface area contributed by atoms with Crippen molar-refractivity contribution in [1.29, 1.82) is 0 Å². The predicted octanol–water partition coefficient (Wildman–Crippen LogP) is 4.82. The molecule has 3 nitrogen and oxygen atoms in total. The molecular weight excluding hydrogens is 331 g/mol. The zero-order valence-corrected chi connectivity index (χ0v) is 14.7. The van der Waals surface area contributed by atoms with Crippen molar-refractivity contribution in [2.24, 2.45) is 5.41 Å². The number of hydrogen-bond donors (Lipinski definition) is 2. The first-order valence-electron chi connectivity index (χ1n) is 8.73. The molecule has 0 atom stereocenters. The fraction of sp³-hybridized carbons (Fsp3) is 0.632. The van der Waals surface area contributed by atoms with Crippen molar-refractivity contribution in [2.75, 3.05) is 6.54 Å². The average molecular weight is 357 g/mol. The molecule has 0 amide bonds. The van der Waals surface area contributed by atoms with Crippen LogP contribution in [-0.4, -0.2) is 23.7 Å². The molecule has 25 heavy (non-hydrogen) atoms. The van der Waals surface area contributed by atoms with Crippen molar-refractivity contribution in [3.8, 4) is 0 Å². The summed E-state index contributed by atoms with van der Waals surface area (Å²) in [6.45, 7) is 4.06. The third-order valence-electron chi connectivity index (χ3n) is 5.17. The number of alkyl halides is 3. The number of carbonyl (C=O) groups is 1. The quantitative estimate of drug-likeness (QED) is 0.767. The van der Waals surface area contributed by atoms with Crippen LogP contribution in [0.2, 0.25) is 0 Å². The first-order valence-corrected chi connectivity index (χ1v) is 8.73. The summed E-state index contributed by atoms with van der Waals surface area (Å²) in [6.07, 6.45) is -0.257. The van der Waals surface area contributed by atoms with E-state index >= 15 is 0 Å². The second-order valence-electron chi connectivity index (χ2n) is 7.56. The van der Waals surface area contributed by atoms with Crippen molar-refractivity contribution in [2.45, 2.75) is 64.1 Å². The van der Waals surface area contributed by atoms with Crippen molar-refractivity contribution in [1.82, 2.24) is 5.32 Å². The molecule has 1 aliphatic carbocycles. The van der Waals surface area contributed by atoms with Crippen LogP contribution in [0.25, 0.3) is 0 Å². The molecule has 1 aromatic rings. The van der Waals surface area contributed by atoms with E-state index in [0.717, 1.165) is 37.3 Å². The Balaban J connectivity index is 1.83. The topological polar surface area (TPSA) is 49.3 Å². The standard InChI is InChI=1S/C19H26F3NO2/c1-18(2,17(24)25)10-11-23-16-8-6-13(7-9-16)14-4-3-5-15(12-14)19(20,21)22/h3-5,12-13,16,23H,6-11H2,1-2H3,(H,24,25). The molecule has 1 aliphatic rings. The molecule has 2 rings (SSSR count). The number of nitrogens with one attached hydrogen (secondary N) is 1. The van der Waals surface area contributed by atoms with Crippen LogP contribution in [-0.2, 0) is 11.0 Å². The number of benzene rings is 1. The van der Waals surface area contributed by atoms with Gasteiger partial charge in [-0.25, -0.2) is 0 Å². The lowest BCUT2D eigenvalue weighted by atomic mass is 9.81. The second kappa shape index (κ2) is 7.77. The number of rotatable bonds is 6. The van der Waals surface area contributed by atoms with Gasteiger partial charge in [0.25, 0.3) is 0 Å². The Kier molecular flexibility index (Phi) is 6.14. The van der Waals surface area contributed by atoms with E-state index in [2.05, 4.69) is 5.32 Å². The summed E-state index contributed by atoms with van der Waals surface area (Å²) in [5, 5.41) is 12.5. The number of carboxylic acid groups (broad SMARTS) is 1. The molecule has 1 aromatic carbocycles. The Morgan fingerprint density at radius 2 is 1.84 bits per heavy atom. The molecule has 140 valence electrons. The Morgan fingerprint density at radius 3 is 2.40 bits per heavy atom. The van der Waals surface area contributed by atoms with E-state index in [-0.39, 0.29) is 5.92 Å². The van der Waals surface area contributed by atoms with Crippen LogP contribution in [0.5, 0.6) is 0 Å². The summed E-state index contributed by atoms with van der Waals surface area (Å²) in [5.74, 6) is -0.640. The third kappa shape index (κ3) is 5.46. The van der Waals surface area contributed by atoms with E-state index in [4.69, 9.17) is 5.11 Å². The SMILES string of the molecule is CC(C)(CCNC1CCC(c2cccc(C(F)(F)F)c2)CC1)C(=O)O. The molecule has 0 aromatic heterocycles. The van der Waals surface area contributed by atoms with Gasteiger partial charge in [0.05, 0.1) is 11.0 Å². The van der Waals surface area contributed by atoms with Crippen LogP contribution < -0.4 is 5.32 Å². The molecule has 0 spiro atoms. The third-order valence-corrected chi connectivity index (χ3v) is 5.17.